The Hall–Kier alpha value is -3.21. The molecule has 140 valence electrons. The first-order valence-electron chi connectivity index (χ1n) is 8.01. The molecule has 0 heterocycles. The van der Waals surface area contributed by atoms with E-state index < -0.39 is 11.9 Å². The number of benzene rings is 1. The maximum atomic E-state index is 12.2. The van der Waals surface area contributed by atoms with Crippen LogP contribution in [0, 0.1) is 11.3 Å². The molecule has 8 nitrogen and oxygen atoms in total. The number of rotatable bonds is 10. The number of carbonyl (C=O) groups excluding carboxylic acids is 1. The van der Waals surface area contributed by atoms with Crippen molar-refractivity contribution in [3.05, 3.63) is 35.5 Å². The Morgan fingerprint density at radius 3 is 2.58 bits per heavy atom. The fourth-order valence-electron chi connectivity index (χ4n) is 2.14. The first-order chi connectivity index (χ1) is 12.4. The summed E-state index contributed by atoms with van der Waals surface area (Å²) >= 11 is 0. The Morgan fingerprint density at radius 1 is 1.31 bits per heavy atom. The van der Waals surface area contributed by atoms with Gasteiger partial charge in [0, 0.05) is 19.2 Å². The molecule has 0 fully saturated rings. The van der Waals surface area contributed by atoms with Crippen LogP contribution in [0.3, 0.4) is 0 Å². The summed E-state index contributed by atoms with van der Waals surface area (Å²) in [5, 5.41) is 23.2. The third-order valence-corrected chi connectivity index (χ3v) is 3.58. The molecule has 0 bridgehead atoms. The summed E-state index contributed by atoms with van der Waals surface area (Å²) in [7, 11) is 3.06. The molecule has 0 radical (unpaired) electrons. The van der Waals surface area contributed by atoms with Crippen molar-refractivity contribution in [2.24, 2.45) is 0 Å². The highest BCUT2D eigenvalue weighted by Gasteiger charge is 2.15. The molecule has 0 saturated carbocycles. The highest BCUT2D eigenvalue weighted by atomic mass is 16.5. The highest BCUT2D eigenvalue weighted by molar-refractivity contribution is 5.97. The fraction of sp³-hybridized carbons (Fsp3) is 0.389. The van der Waals surface area contributed by atoms with Gasteiger partial charge in [0.25, 0.3) is 5.91 Å². The van der Waals surface area contributed by atoms with Gasteiger partial charge in [-0.15, -0.1) is 0 Å². The lowest BCUT2D eigenvalue weighted by atomic mass is 10.1. The molecule has 1 aromatic carbocycles. The number of nitrogens with one attached hydrogen (secondary N) is 2. The van der Waals surface area contributed by atoms with Crippen LogP contribution in [0.1, 0.15) is 31.4 Å². The van der Waals surface area contributed by atoms with Gasteiger partial charge in [-0.05, 0) is 31.0 Å². The van der Waals surface area contributed by atoms with E-state index in [4.69, 9.17) is 19.8 Å². The van der Waals surface area contributed by atoms with E-state index in [1.165, 1.54) is 20.4 Å². The summed E-state index contributed by atoms with van der Waals surface area (Å²) < 4.78 is 10.4. The van der Waals surface area contributed by atoms with Gasteiger partial charge >= 0.3 is 5.97 Å². The van der Waals surface area contributed by atoms with Crippen LogP contribution in [0.5, 0.6) is 11.5 Å². The molecule has 0 spiro atoms. The average Bonchev–Trinajstić information content (AvgIpc) is 2.63. The third kappa shape index (κ3) is 6.36. The van der Waals surface area contributed by atoms with Crippen LogP contribution in [-0.4, -0.2) is 37.7 Å². The van der Waals surface area contributed by atoms with Crippen LogP contribution in [0.4, 0.5) is 0 Å². The molecular weight excluding hydrogens is 338 g/mol. The van der Waals surface area contributed by atoms with Gasteiger partial charge in [0.15, 0.2) is 11.5 Å². The predicted octanol–water partition coefficient (Wildman–Crippen LogP) is 1.74. The second kappa shape index (κ2) is 10.6. The highest BCUT2D eigenvalue weighted by Crippen LogP contribution is 2.29. The summed E-state index contributed by atoms with van der Waals surface area (Å²) in [6.07, 6.45) is 1.71. The van der Waals surface area contributed by atoms with Gasteiger partial charge in [0.1, 0.15) is 11.6 Å². The van der Waals surface area contributed by atoms with Crippen molar-refractivity contribution < 1.29 is 24.2 Å². The summed E-state index contributed by atoms with van der Waals surface area (Å²) in [4.78, 5) is 22.6. The van der Waals surface area contributed by atoms with Crippen molar-refractivity contribution in [1.29, 1.82) is 5.26 Å². The number of amides is 1. The van der Waals surface area contributed by atoms with E-state index in [1.807, 2.05) is 6.07 Å². The second-order valence-corrected chi connectivity index (χ2v) is 5.43. The van der Waals surface area contributed by atoms with Crippen LogP contribution in [0.2, 0.25) is 0 Å². The van der Waals surface area contributed by atoms with Crippen LogP contribution in [-0.2, 0) is 9.59 Å². The Kier molecular flexibility index (Phi) is 8.50. The van der Waals surface area contributed by atoms with Crippen LogP contribution >= 0.6 is 0 Å². The molecule has 1 amide bonds. The summed E-state index contributed by atoms with van der Waals surface area (Å²) in [6, 6.07) is 6.76. The van der Waals surface area contributed by atoms with Crippen LogP contribution in [0.25, 0.3) is 0 Å². The SMILES string of the molecule is COc1ccc(C(C)NC(=O)/C(C#N)=C\NCCCC(=O)O)cc1OC. The van der Waals surface area contributed by atoms with E-state index >= 15 is 0 Å². The lowest BCUT2D eigenvalue weighted by Gasteiger charge is -2.16. The van der Waals surface area contributed by atoms with E-state index in [9.17, 15) is 9.59 Å². The summed E-state index contributed by atoms with van der Waals surface area (Å²) in [6.45, 7) is 2.14. The second-order valence-electron chi connectivity index (χ2n) is 5.43. The number of carboxylic acids is 1. The Labute approximate surface area is 152 Å². The number of carbonyl (C=O) groups is 2. The number of carboxylic acid groups (broad SMARTS) is 1. The van der Waals surface area contributed by atoms with Gasteiger partial charge in [-0.25, -0.2) is 0 Å². The topological polar surface area (TPSA) is 121 Å². The lowest BCUT2D eigenvalue weighted by molar-refractivity contribution is -0.137. The number of ether oxygens (including phenoxy) is 2. The number of hydrogen-bond donors (Lipinski definition) is 3. The van der Waals surface area contributed by atoms with E-state index in [0.717, 1.165) is 5.56 Å². The van der Waals surface area contributed by atoms with Crippen molar-refractivity contribution in [3.8, 4) is 17.6 Å². The van der Waals surface area contributed by atoms with Crippen molar-refractivity contribution in [2.75, 3.05) is 20.8 Å². The fourth-order valence-corrected chi connectivity index (χ4v) is 2.14. The molecule has 8 heteroatoms. The molecule has 1 unspecified atom stereocenters. The minimum Gasteiger partial charge on any atom is -0.493 e. The number of aliphatic carboxylic acids is 1. The molecular formula is C18H23N3O5. The quantitative estimate of drug-likeness (QED) is 0.330. The molecule has 3 N–H and O–H groups in total. The van der Waals surface area contributed by atoms with Gasteiger partial charge in [-0.2, -0.15) is 5.26 Å². The van der Waals surface area contributed by atoms with Gasteiger partial charge < -0.3 is 25.2 Å². The van der Waals surface area contributed by atoms with Crippen LogP contribution in [0.15, 0.2) is 30.0 Å². The minimum atomic E-state index is -0.891. The first-order valence-corrected chi connectivity index (χ1v) is 8.01. The first kappa shape index (κ1) is 20.8. The Morgan fingerprint density at radius 2 is 2.00 bits per heavy atom. The zero-order chi connectivity index (χ0) is 19.5. The third-order valence-electron chi connectivity index (χ3n) is 3.58. The standard InChI is InChI=1S/C18H23N3O5/c1-12(13-6-7-15(25-2)16(9-13)26-3)21-18(24)14(10-19)11-20-8-4-5-17(22)23/h6-7,9,11-12,20H,4-5,8H2,1-3H3,(H,21,24)(H,22,23)/b14-11-. The molecule has 0 aliphatic heterocycles. The van der Waals surface area contributed by atoms with E-state index in [1.54, 1.807) is 25.1 Å². The van der Waals surface area contributed by atoms with Gasteiger partial charge in [0.2, 0.25) is 0 Å². The molecule has 1 atom stereocenters. The largest absolute Gasteiger partial charge is 0.493 e. The number of hydrogen-bond acceptors (Lipinski definition) is 6. The normalized spacial score (nSPS) is 11.8. The smallest absolute Gasteiger partial charge is 0.303 e. The van der Waals surface area contributed by atoms with E-state index in [0.29, 0.717) is 24.5 Å². The van der Waals surface area contributed by atoms with Gasteiger partial charge in [-0.3, -0.25) is 9.59 Å². The van der Waals surface area contributed by atoms with Crippen molar-refractivity contribution in [3.63, 3.8) is 0 Å². The zero-order valence-electron chi connectivity index (χ0n) is 15.0. The molecule has 0 aliphatic carbocycles. The van der Waals surface area contributed by atoms with Gasteiger partial charge in [0.05, 0.1) is 20.3 Å². The predicted molar refractivity (Wildman–Crippen MR) is 94.7 cm³/mol. The van der Waals surface area contributed by atoms with E-state index in [-0.39, 0.29) is 18.0 Å². The molecule has 0 aromatic heterocycles. The molecule has 0 aliphatic rings. The summed E-state index contributed by atoms with van der Waals surface area (Å²) in [5.74, 6) is -0.293. The average molecular weight is 361 g/mol. The molecule has 1 aromatic rings. The lowest BCUT2D eigenvalue weighted by Crippen LogP contribution is -2.28. The summed E-state index contributed by atoms with van der Waals surface area (Å²) in [5.41, 5.74) is 0.704. The molecule has 0 saturated heterocycles. The Bertz CT molecular complexity index is 709. The monoisotopic (exact) mass is 361 g/mol. The number of nitrogens with zero attached hydrogens (tertiary/aromatic N) is 1. The minimum absolute atomic E-state index is 0.0191. The molecule has 1 rings (SSSR count). The maximum Gasteiger partial charge on any atom is 0.303 e. The molecule has 26 heavy (non-hydrogen) atoms. The van der Waals surface area contributed by atoms with E-state index in [2.05, 4.69) is 10.6 Å². The number of nitriles is 1. The Balaban J connectivity index is 2.69. The maximum absolute atomic E-state index is 12.2. The van der Waals surface area contributed by atoms with Crippen molar-refractivity contribution >= 4 is 11.9 Å². The number of methoxy groups -OCH3 is 2. The van der Waals surface area contributed by atoms with Crippen molar-refractivity contribution in [2.45, 2.75) is 25.8 Å². The van der Waals surface area contributed by atoms with Gasteiger partial charge in [-0.1, -0.05) is 6.07 Å². The zero-order valence-corrected chi connectivity index (χ0v) is 15.0. The van der Waals surface area contributed by atoms with Crippen LogP contribution < -0.4 is 20.1 Å². The van der Waals surface area contributed by atoms with Crippen molar-refractivity contribution in [1.82, 2.24) is 10.6 Å².